The van der Waals surface area contributed by atoms with Crippen LogP contribution in [-0.2, 0) is 0 Å². The Balaban J connectivity index is 3.53. The van der Waals surface area contributed by atoms with Gasteiger partial charge in [0.05, 0.1) is 0 Å². The molecule has 0 spiro atoms. The third-order valence-electron chi connectivity index (χ3n) is 2.43. The number of alkyl halides is 1. The third kappa shape index (κ3) is 6.05. The first-order valence-electron chi connectivity index (χ1n) is 5.30. The Morgan fingerprint density at radius 2 is 1.67 bits per heavy atom. The van der Waals surface area contributed by atoms with E-state index in [1.165, 1.54) is 37.4 Å². The average Bonchev–Trinajstić information content (AvgIpc) is 2.04. The molecule has 1 heteroatoms. The second-order valence-corrected chi connectivity index (χ2v) is 4.59. The topological polar surface area (TPSA) is 0 Å². The predicted octanol–water partition coefficient (Wildman–Crippen LogP) is 4.62. The van der Waals surface area contributed by atoms with Crippen molar-refractivity contribution in [1.29, 1.82) is 0 Å². The third-order valence-corrected chi connectivity index (χ3v) is 3.35. The Bertz CT molecular complexity index is 91.0. The Hall–Kier alpha value is 0.480. The monoisotopic (exact) mass is 234 g/mol. The van der Waals surface area contributed by atoms with Gasteiger partial charge in [0.25, 0.3) is 0 Å². The minimum absolute atomic E-state index is 0.913. The number of halogens is 1. The molecule has 0 aromatic rings. The molecule has 0 aromatic heterocycles. The highest BCUT2D eigenvalue weighted by molar-refractivity contribution is 9.09. The molecule has 0 aliphatic heterocycles. The molecule has 2 unspecified atom stereocenters. The molecule has 0 rings (SSSR count). The minimum atomic E-state index is 0.913. The molecular formula is C11H23Br. The predicted molar refractivity (Wildman–Crippen MR) is 60.9 cm³/mol. The average molecular weight is 235 g/mol. The van der Waals surface area contributed by atoms with Crippen LogP contribution >= 0.6 is 15.9 Å². The van der Waals surface area contributed by atoms with E-state index in [0.29, 0.717) is 0 Å². The second kappa shape index (κ2) is 8.10. The molecule has 0 bridgehead atoms. The first-order chi connectivity index (χ1) is 5.74. The summed E-state index contributed by atoms with van der Waals surface area (Å²) in [5.74, 6) is 1.83. The Labute approximate surface area is 86.3 Å². The minimum Gasteiger partial charge on any atom is -0.0925 e. The van der Waals surface area contributed by atoms with Gasteiger partial charge >= 0.3 is 0 Å². The van der Waals surface area contributed by atoms with Crippen LogP contribution in [0.3, 0.4) is 0 Å². The zero-order valence-electron chi connectivity index (χ0n) is 8.78. The maximum absolute atomic E-state index is 3.60. The molecular weight excluding hydrogens is 212 g/mol. The zero-order valence-corrected chi connectivity index (χ0v) is 10.4. The molecule has 0 aliphatic rings. The van der Waals surface area contributed by atoms with E-state index in [1.54, 1.807) is 0 Å². The van der Waals surface area contributed by atoms with Crippen molar-refractivity contribution >= 4 is 15.9 Å². The molecule has 2 atom stereocenters. The van der Waals surface area contributed by atoms with Crippen molar-refractivity contribution < 1.29 is 0 Å². The smallest absolute Gasteiger partial charge is 0.00597 e. The van der Waals surface area contributed by atoms with Crippen LogP contribution in [-0.4, -0.2) is 5.33 Å². The van der Waals surface area contributed by atoms with E-state index in [9.17, 15) is 0 Å². The maximum Gasteiger partial charge on any atom is 0.00597 e. The summed E-state index contributed by atoms with van der Waals surface area (Å²) in [5, 5.41) is 1.19. The summed E-state index contributed by atoms with van der Waals surface area (Å²) in [6.07, 6.45) is 6.86. The standard InChI is InChI=1S/C11H23Br/c1-4-6-10(3)8-11(9-12)7-5-2/h10-11H,4-9H2,1-3H3. The van der Waals surface area contributed by atoms with Crippen LogP contribution in [0.4, 0.5) is 0 Å². The summed E-state index contributed by atoms with van der Waals surface area (Å²) in [6.45, 7) is 6.94. The van der Waals surface area contributed by atoms with Gasteiger partial charge in [-0.1, -0.05) is 56.0 Å². The highest BCUT2D eigenvalue weighted by Crippen LogP contribution is 2.22. The van der Waals surface area contributed by atoms with E-state index in [1.807, 2.05) is 0 Å². The fourth-order valence-corrected chi connectivity index (χ4v) is 2.43. The summed E-state index contributed by atoms with van der Waals surface area (Å²) in [6, 6.07) is 0. The van der Waals surface area contributed by atoms with Gasteiger partial charge in [-0.05, 0) is 24.7 Å². The number of rotatable bonds is 7. The summed E-state index contributed by atoms with van der Waals surface area (Å²) >= 11 is 3.60. The van der Waals surface area contributed by atoms with E-state index in [-0.39, 0.29) is 0 Å². The zero-order chi connectivity index (χ0) is 9.40. The number of hydrogen-bond acceptors (Lipinski definition) is 0. The molecule has 0 radical (unpaired) electrons. The van der Waals surface area contributed by atoms with Crippen LogP contribution < -0.4 is 0 Å². The number of hydrogen-bond donors (Lipinski definition) is 0. The van der Waals surface area contributed by atoms with Crippen LogP contribution in [0.1, 0.15) is 52.9 Å². The fraction of sp³-hybridized carbons (Fsp3) is 1.00. The molecule has 0 nitrogen and oxygen atoms in total. The van der Waals surface area contributed by atoms with Crippen LogP contribution in [0, 0.1) is 11.8 Å². The summed E-state index contributed by atoms with van der Waals surface area (Å²) < 4.78 is 0. The van der Waals surface area contributed by atoms with Gasteiger partial charge in [0.15, 0.2) is 0 Å². The Morgan fingerprint density at radius 3 is 2.08 bits per heavy atom. The van der Waals surface area contributed by atoms with Crippen molar-refractivity contribution in [3.05, 3.63) is 0 Å². The normalized spacial score (nSPS) is 16.0. The fourth-order valence-electron chi connectivity index (χ4n) is 1.85. The van der Waals surface area contributed by atoms with Crippen LogP contribution in [0.5, 0.6) is 0 Å². The molecule has 0 amide bonds. The lowest BCUT2D eigenvalue weighted by Gasteiger charge is -2.17. The van der Waals surface area contributed by atoms with E-state index in [0.717, 1.165) is 11.8 Å². The van der Waals surface area contributed by atoms with E-state index >= 15 is 0 Å². The molecule has 0 saturated heterocycles. The lowest BCUT2D eigenvalue weighted by atomic mass is 9.91. The van der Waals surface area contributed by atoms with Gasteiger partial charge < -0.3 is 0 Å². The largest absolute Gasteiger partial charge is 0.0925 e. The van der Waals surface area contributed by atoms with Crippen molar-refractivity contribution in [3.8, 4) is 0 Å². The van der Waals surface area contributed by atoms with Crippen molar-refractivity contribution in [2.75, 3.05) is 5.33 Å². The maximum atomic E-state index is 3.60. The van der Waals surface area contributed by atoms with Crippen molar-refractivity contribution in [3.63, 3.8) is 0 Å². The SMILES string of the molecule is CCCC(C)CC(CBr)CCC. The van der Waals surface area contributed by atoms with Gasteiger partial charge in [0, 0.05) is 5.33 Å². The molecule has 0 heterocycles. The lowest BCUT2D eigenvalue weighted by Crippen LogP contribution is -2.07. The van der Waals surface area contributed by atoms with Crippen molar-refractivity contribution in [2.24, 2.45) is 11.8 Å². The van der Waals surface area contributed by atoms with E-state index in [4.69, 9.17) is 0 Å². The first kappa shape index (κ1) is 12.5. The summed E-state index contributed by atoms with van der Waals surface area (Å²) in [5.41, 5.74) is 0. The molecule has 74 valence electrons. The Morgan fingerprint density at radius 1 is 1.08 bits per heavy atom. The van der Waals surface area contributed by atoms with E-state index < -0.39 is 0 Å². The molecule has 0 fully saturated rings. The summed E-state index contributed by atoms with van der Waals surface area (Å²) in [4.78, 5) is 0. The Kier molecular flexibility index (Phi) is 8.42. The van der Waals surface area contributed by atoms with Gasteiger partial charge in [0.2, 0.25) is 0 Å². The molecule has 0 saturated carbocycles. The second-order valence-electron chi connectivity index (χ2n) is 3.94. The van der Waals surface area contributed by atoms with Gasteiger partial charge in [-0.15, -0.1) is 0 Å². The van der Waals surface area contributed by atoms with Gasteiger partial charge in [-0.3, -0.25) is 0 Å². The molecule has 0 N–H and O–H groups in total. The highest BCUT2D eigenvalue weighted by atomic mass is 79.9. The van der Waals surface area contributed by atoms with Crippen molar-refractivity contribution in [1.82, 2.24) is 0 Å². The lowest BCUT2D eigenvalue weighted by molar-refractivity contribution is 0.379. The molecule has 0 aromatic carbocycles. The first-order valence-corrected chi connectivity index (χ1v) is 6.42. The van der Waals surface area contributed by atoms with Crippen LogP contribution in [0.15, 0.2) is 0 Å². The highest BCUT2D eigenvalue weighted by Gasteiger charge is 2.10. The van der Waals surface area contributed by atoms with Gasteiger partial charge in [-0.25, -0.2) is 0 Å². The van der Waals surface area contributed by atoms with Gasteiger partial charge in [0.1, 0.15) is 0 Å². The molecule has 12 heavy (non-hydrogen) atoms. The quantitative estimate of drug-likeness (QED) is 0.564. The summed E-state index contributed by atoms with van der Waals surface area (Å²) in [7, 11) is 0. The van der Waals surface area contributed by atoms with E-state index in [2.05, 4.69) is 36.7 Å². The van der Waals surface area contributed by atoms with Crippen molar-refractivity contribution in [2.45, 2.75) is 52.9 Å². The van der Waals surface area contributed by atoms with Gasteiger partial charge in [-0.2, -0.15) is 0 Å². The van der Waals surface area contributed by atoms with Crippen LogP contribution in [0.25, 0.3) is 0 Å². The van der Waals surface area contributed by atoms with Crippen LogP contribution in [0.2, 0.25) is 0 Å². The molecule has 0 aliphatic carbocycles.